The first-order chi connectivity index (χ1) is 20.8. The van der Waals surface area contributed by atoms with Crippen molar-refractivity contribution in [3.8, 4) is 16.2 Å². The maximum absolute atomic E-state index is 14.2. The molecule has 0 bridgehead atoms. The maximum Gasteiger partial charge on any atom is 0.255 e. The Bertz CT molecular complexity index is 1650. The number of aliphatic hydroxyl groups excluding tert-OH is 2. The third-order valence-corrected chi connectivity index (χ3v) is 10.8. The normalized spacial score (nSPS) is 27.1. The van der Waals surface area contributed by atoms with Gasteiger partial charge < -0.3 is 31.1 Å². The number of fused-ring (bicyclic) bond motifs is 3. The lowest BCUT2D eigenvalue weighted by Gasteiger charge is -2.50. The molecule has 234 valence electrons. The van der Waals surface area contributed by atoms with Crippen LogP contribution in [0, 0.1) is 11.8 Å². The van der Waals surface area contributed by atoms with E-state index in [2.05, 4.69) is 4.90 Å². The summed E-state index contributed by atoms with van der Waals surface area (Å²) >= 11 is 1.56. The molecule has 1 saturated heterocycles. The van der Waals surface area contributed by atoms with Crippen LogP contribution in [0.25, 0.3) is 16.2 Å². The van der Waals surface area contributed by atoms with Crippen molar-refractivity contribution in [3.05, 3.63) is 51.1 Å². The van der Waals surface area contributed by atoms with Gasteiger partial charge in [0.1, 0.15) is 22.8 Å². The van der Waals surface area contributed by atoms with Crippen LogP contribution in [0.4, 0.5) is 5.69 Å². The number of rotatable bonds is 6. The van der Waals surface area contributed by atoms with Crippen LogP contribution in [0.3, 0.4) is 0 Å². The molecule has 2 heterocycles. The van der Waals surface area contributed by atoms with Crippen molar-refractivity contribution in [2.75, 3.05) is 46.2 Å². The van der Waals surface area contributed by atoms with Gasteiger partial charge in [-0.1, -0.05) is 0 Å². The van der Waals surface area contributed by atoms with Crippen molar-refractivity contribution < 1.29 is 34.8 Å². The number of likely N-dealkylation sites (tertiary alicyclic amines) is 1. The second-order valence-corrected chi connectivity index (χ2v) is 13.9. The van der Waals surface area contributed by atoms with Gasteiger partial charge in [0, 0.05) is 53.1 Å². The molecule has 2 aromatic rings. The third-order valence-electron chi connectivity index (χ3n) is 9.68. The quantitative estimate of drug-likeness (QED) is 0.302. The number of ketones is 2. The SMILES string of the molecule is CN(C)c1cc(-c2ccc(CN3CCCC3)s2)c(O)c2c1CC1CC3C(N(C)C)C(=O)C(C(N)=O)=C(O)C3(O)C(=O)C1=C2O. The molecule has 4 atom stereocenters. The Kier molecular flexibility index (Phi) is 7.39. The molecule has 4 aliphatic rings. The van der Waals surface area contributed by atoms with Crippen molar-refractivity contribution in [1.29, 1.82) is 0 Å². The van der Waals surface area contributed by atoms with Crippen molar-refractivity contribution in [2.24, 2.45) is 17.6 Å². The highest BCUT2D eigenvalue weighted by molar-refractivity contribution is 7.15. The molecule has 4 unspecified atom stereocenters. The van der Waals surface area contributed by atoms with Crippen LogP contribution in [0.1, 0.15) is 35.3 Å². The number of phenols is 1. The summed E-state index contributed by atoms with van der Waals surface area (Å²) in [6.07, 6.45) is 2.65. The number of phenolic OH excluding ortho intramolecular Hbond substituents is 1. The van der Waals surface area contributed by atoms with E-state index in [1.54, 1.807) is 25.4 Å². The number of aliphatic hydroxyl groups is 3. The molecular formula is C32H38N4O7S. The molecule has 1 aromatic heterocycles. The Hall–Kier alpha value is -3.71. The van der Waals surface area contributed by atoms with E-state index in [-0.39, 0.29) is 29.7 Å². The van der Waals surface area contributed by atoms with Crippen LogP contribution < -0.4 is 10.6 Å². The molecule has 11 nitrogen and oxygen atoms in total. The Morgan fingerprint density at radius 2 is 1.80 bits per heavy atom. The van der Waals surface area contributed by atoms with Crippen molar-refractivity contribution in [3.63, 3.8) is 0 Å². The topological polar surface area (TPSA) is 168 Å². The average molecular weight is 623 g/mol. The van der Waals surface area contributed by atoms with Crippen LogP contribution in [0.2, 0.25) is 0 Å². The maximum atomic E-state index is 14.2. The lowest BCUT2D eigenvalue weighted by molar-refractivity contribution is -0.153. The van der Waals surface area contributed by atoms with Crippen LogP contribution in [0.15, 0.2) is 35.1 Å². The van der Waals surface area contributed by atoms with E-state index >= 15 is 0 Å². The van der Waals surface area contributed by atoms with E-state index in [1.165, 1.54) is 17.7 Å². The monoisotopic (exact) mass is 622 g/mol. The smallest absolute Gasteiger partial charge is 0.255 e. The largest absolute Gasteiger partial charge is 0.508 e. The van der Waals surface area contributed by atoms with Gasteiger partial charge in [-0.05, 0) is 82.5 Å². The van der Waals surface area contributed by atoms with Crippen LogP contribution in [-0.2, 0) is 27.3 Å². The summed E-state index contributed by atoms with van der Waals surface area (Å²) in [6.45, 7) is 2.94. The number of hydrogen-bond acceptors (Lipinski definition) is 11. The Morgan fingerprint density at radius 1 is 1.11 bits per heavy atom. The molecule has 0 radical (unpaired) electrons. The number of benzene rings is 1. The highest BCUT2D eigenvalue weighted by Crippen LogP contribution is 2.55. The zero-order chi connectivity index (χ0) is 31.8. The van der Waals surface area contributed by atoms with Gasteiger partial charge in [0.2, 0.25) is 5.78 Å². The molecule has 6 N–H and O–H groups in total. The first-order valence-electron chi connectivity index (χ1n) is 14.8. The fraction of sp³-hybridized carbons (Fsp3) is 0.469. The van der Waals surface area contributed by atoms with E-state index in [4.69, 9.17) is 5.73 Å². The number of thiophene rings is 1. The van der Waals surface area contributed by atoms with Gasteiger partial charge in [-0.2, -0.15) is 0 Å². The second kappa shape index (κ2) is 10.7. The van der Waals surface area contributed by atoms with Crippen LogP contribution >= 0.6 is 11.3 Å². The minimum Gasteiger partial charge on any atom is -0.508 e. The number of aromatic hydroxyl groups is 1. The number of Topliss-reactive ketones (excluding diaryl/α,β-unsaturated/α-hetero) is 2. The third kappa shape index (κ3) is 4.38. The number of nitrogens with two attached hydrogens (primary N) is 1. The molecule has 44 heavy (non-hydrogen) atoms. The zero-order valence-electron chi connectivity index (χ0n) is 25.3. The van der Waals surface area contributed by atoms with Gasteiger partial charge in [0.25, 0.3) is 5.91 Å². The van der Waals surface area contributed by atoms with Crippen molar-refractivity contribution >= 4 is 40.3 Å². The fourth-order valence-corrected chi connectivity index (χ4v) is 8.71. The van der Waals surface area contributed by atoms with Gasteiger partial charge in [0.15, 0.2) is 11.4 Å². The summed E-state index contributed by atoms with van der Waals surface area (Å²) in [5.74, 6) is -6.56. The van der Waals surface area contributed by atoms with E-state index in [0.717, 1.165) is 35.1 Å². The number of primary amides is 1. The number of hydrogen-bond donors (Lipinski definition) is 5. The fourth-order valence-electron chi connectivity index (χ4n) is 7.65. The highest BCUT2D eigenvalue weighted by Gasteiger charge is 2.64. The lowest BCUT2D eigenvalue weighted by Crippen LogP contribution is -2.65. The van der Waals surface area contributed by atoms with Gasteiger partial charge in [-0.15, -0.1) is 11.3 Å². The van der Waals surface area contributed by atoms with Gasteiger partial charge in [-0.3, -0.25) is 24.2 Å². The number of anilines is 1. The lowest BCUT2D eigenvalue weighted by atomic mass is 9.57. The number of carbonyl (C=O) groups excluding carboxylic acids is 3. The summed E-state index contributed by atoms with van der Waals surface area (Å²) in [6, 6.07) is 4.75. The van der Waals surface area contributed by atoms with E-state index < -0.39 is 58.0 Å². The molecule has 1 saturated carbocycles. The van der Waals surface area contributed by atoms with E-state index in [1.807, 2.05) is 37.2 Å². The highest BCUT2D eigenvalue weighted by atomic mass is 32.1. The van der Waals surface area contributed by atoms with Crippen LogP contribution in [0.5, 0.6) is 5.75 Å². The zero-order valence-corrected chi connectivity index (χ0v) is 26.1. The average Bonchev–Trinajstić information content (AvgIpc) is 3.63. The Balaban J connectivity index is 1.50. The predicted octanol–water partition coefficient (Wildman–Crippen LogP) is 2.35. The van der Waals surface area contributed by atoms with Crippen LogP contribution in [-0.4, -0.2) is 101 Å². The number of amides is 1. The standard InChI is InChI=1S/C32H38N4O7S/c1-34(2)20-13-18(21-8-7-16(44-21)14-36-9-5-6-10-36)26(37)23-17(20)11-15-12-19-25(35(3)4)28(39)24(31(33)42)30(41)32(19,43)29(40)22(15)27(23)38/h7-8,13,15,19,25,37-38,41,43H,5-6,9-12,14H2,1-4H3,(H2,33,42). The number of carbonyl (C=O) groups is 3. The van der Waals surface area contributed by atoms with Gasteiger partial charge >= 0.3 is 0 Å². The molecule has 6 rings (SSSR count). The molecule has 1 aliphatic heterocycles. The first-order valence-corrected chi connectivity index (χ1v) is 15.6. The molecule has 1 amide bonds. The summed E-state index contributed by atoms with van der Waals surface area (Å²) in [5, 5.41) is 46.4. The minimum absolute atomic E-state index is 0.0475. The molecular weight excluding hydrogens is 584 g/mol. The summed E-state index contributed by atoms with van der Waals surface area (Å²) in [5.41, 5.74) is 3.76. The summed E-state index contributed by atoms with van der Waals surface area (Å²) in [7, 11) is 6.89. The molecule has 1 aromatic carbocycles. The molecule has 0 spiro atoms. The van der Waals surface area contributed by atoms with E-state index in [0.29, 0.717) is 11.1 Å². The molecule has 12 heteroatoms. The number of likely N-dealkylation sites (N-methyl/N-ethyl adjacent to an activating group) is 1. The summed E-state index contributed by atoms with van der Waals surface area (Å²) < 4.78 is 0. The second-order valence-electron chi connectivity index (χ2n) is 12.8. The predicted molar refractivity (Wildman–Crippen MR) is 166 cm³/mol. The summed E-state index contributed by atoms with van der Waals surface area (Å²) in [4.78, 5) is 47.5. The Morgan fingerprint density at radius 3 is 2.41 bits per heavy atom. The Labute approximate surface area is 259 Å². The first kappa shape index (κ1) is 30.3. The van der Waals surface area contributed by atoms with Gasteiger partial charge in [0.05, 0.1) is 11.6 Å². The van der Waals surface area contributed by atoms with E-state index in [9.17, 15) is 34.8 Å². The van der Waals surface area contributed by atoms with Crippen molar-refractivity contribution in [2.45, 2.75) is 43.9 Å². The minimum atomic E-state index is -2.67. The van der Waals surface area contributed by atoms with Crippen molar-refractivity contribution in [1.82, 2.24) is 9.80 Å². The molecule has 3 aliphatic carbocycles. The number of nitrogens with zero attached hydrogens (tertiary/aromatic N) is 3. The van der Waals surface area contributed by atoms with Gasteiger partial charge in [-0.25, -0.2) is 0 Å². The molecule has 2 fully saturated rings.